The second-order valence-electron chi connectivity index (χ2n) is 1.16. The molecule has 1 unspecified atom stereocenters. The molecule has 0 aliphatic carbocycles. The van der Waals surface area contributed by atoms with Crippen molar-refractivity contribution in [1.29, 1.82) is 0 Å². The molecule has 0 aromatic carbocycles. The van der Waals surface area contributed by atoms with E-state index in [1.807, 2.05) is 0 Å². The summed E-state index contributed by atoms with van der Waals surface area (Å²) in [6, 6.07) is 0. The van der Waals surface area contributed by atoms with Crippen LogP contribution in [0.3, 0.4) is 0 Å². The first kappa shape index (κ1) is 6.24. The molecule has 0 fully saturated rings. The molecule has 0 N–H and O–H groups in total. The maximum atomic E-state index is 10.0. The van der Waals surface area contributed by atoms with Crippen LogP contribution < -0.4 is 0 Å². The normalized spacial score (nSPS) is 13.0. The summed E-state index contributed by atoms with van der Waals surface area (Å²) in [5.74, 6) is 0. The van der Waals surface area contributed by atoms with E-state index in [2.05, 4.69) is 15.2 Å². The highest BCUT2D eigenvalue weighted by Gasteiger charge is 1.90. The molecule has 48 valence electrons. The van der Waals surface area contributed by atoms with Gasteiger partial charge in [0.05, 0.1) is 12.4 Å². The smallest absolute Gasteiger partial charge is 0.225 e. The van der Waals surface area contributed by atoms with Crippen molar-refractivity contribution < 1.29 is 8.76 Å². The number of nitrogens with zero attached hydrogens (tertiary/aromatic N) is 3. The van der Waals surface area contributed by atoms with E-state index in [1.165, 1.54) is 12.4 Å². The number of aromatic nitrogens is 3. The van der Waals surface area contributed by atoms with Gasteiger partial charge in [-0.15, -0.1) is 5.10 Å². The summed E-state index contributed by atoms with van der Waals surface area (Å²) in [5.41, 5.74) is 0. The van der Waals surface area contributed by atoms with Crippen LogP contribution in [-0.4, -0.2) is 23.9 Å². The topological polar surface area (TPSA) is 78.8 Å². The van der Waals surface area contributed by atoms with Crippen molar-refractivity contribution in [2.45, 2.75) is 5.16 Å². The van der Waals surface area contributed by atoms with Gasteiger partial charge in [-0.2, -0.15) is 5.10 Å². The molecule has 1 atom stereocenters. The lowest BCUT2D eigenvalue weighted by atomic mass is 10.9. The highest BCUT2D eigenvalue weighted by Crippen LogP contribution is 1.87. The van der Waals surface area contributed by atoms with Crippen LogP contribution in [0.25, 0.3) is 0 Å². The Morgan fingerprint density at radius 3 is 2.67 bits per heavy atom. The third-order valence-corrected chi connectivity index (χ3v) is 1.10. The predicted molar refractivity (Wildman–Crippen MR) is 27.0 cm³/mol. The van der Waals surface area contributed by atoms with Gasteiger partial charge in [0.2, 0.25) is 5.16 Å². The molecule has 0 amide bonds. The summed E-state index contributed by atoms with van der Waals surface area (Å²) in [6.45, 7) is 0. The zero-order valence-corrected chi connectivity index (χ0v) is 5.04. The first-order chi connectivity index (χ1) is 4.30. The van der Waals surface area contributed by atoms with E-state index in [1.54, 1.807) is 0 Å². The van der Waals surface area contributed by atoms with Crippen LogP contribution in [-0.2, 0) is 11.1 Å². The van der Waals surface area contributed by atoms with Crippen molar-refractivity contribution >= 4 is 11.1 Å². The molecule has 1 heterocycles. The summed E-state index contributed by atoms with van der Waals surface area (Å²) >= 11 is -2.36. The predicted octanol–water partition coefficient (Wildman–Crippen LogP) is -0.890. The van der Waals surface area contributed by atoms with Gasteiger partial charge in [-0.25, -0.2) is 4.98 Å². The van der Waals surface area contributed by atoms with Crippen molar-refractivity contribution in [2.75, 3.05) is 0 Å². The Balaban J connectivity index is 2.98. The molecule has 1 aromatic rings. The second kappa shape index (κ2) is 2.60. The minimum Gasteiger partial charge on any atom is -0.766 e. The molecule has 0 aliphatic heterocycles. The van der Waals surface area contributed by atoms with E-state index in [4.69, 9.17) is 0 Å². The lowest BCUT2D eigenvalue weighted by Gasteiger charge is -1.97. The lowest BCUT2D eigenvalue weighted by Crippen LogP contribution is -1.97. The minimum absolute atomic E-state index is 0.280. The van der Waals surface area contributed by atoms with Gasteiger partial charge >= 0.3 is 0 Å². The van der Waals surface area contributed by atoms with Crippen LogP contribution in [0.15, 0.2) is 17.6 Å². The molecule has 0 spiro atoms. The molecule has 0 bridgehead atoms. The quantitative estimate of drug-likeness (QED) is 0.478. The average molecular weight is 144 g/mol. The summed E-state index contributed by atoms with van der Waals surface area (Å²) in [7, 11) is 0. The van der Waals surface area contributed by atoms with E-state index in [-0.39, 0.29) is 5.16 Å². The SMILES string of the molecule is O=S([O-])c1nccnn1. The summed E-state index contributed by atoms with van der Waals surface area (Å²) in [4.78, 5) is 3.39. The largest absolute Gasteiger partial charge is 0.766 e. The molecule has 1 aromatic heterocycles. The first-order valence-corrected chi connectivity index (χ1v) is 3.11. The van der Waals surface area contributed by atoms with Gasteiger partial charge in [0.15, 0.2) is 0 Å². The number of rotatable bonds is 1. The second-order valence-corrected chi connectivity index (χ2v) is 1.99. The fourth-order valence-electron chi connectivity index (χ4n) is 0.312. The monoisotopic (exact) mass is 144 g/mol. The van der Waals surface area contributed by atoms with E-state index >= 15 is 0 Å². The first-order valence-electron chi connectivity index (χ1n) is 2.03. The molecule has 0 aliphatic rings. The Morgan fingerprint density at radius 2 is 2.33 bits per heavy atom. The van der Waals surface area contributed by atoms with Gasteiger partial charge in [-0.3, -0.25) is 4.21 Å². The Kier molecular flexibility index (Phi) is 1.81. The highest BCUT2D eigenvalue weighted by molar-refractivity contribution is 7.78. The Hall–Kier alpha value is -0.880. The van der Waals surface area contributed by atoms with Gasteiger partial charge in [-0.05, 0) is 0 Å². The molecular formula is C3H2N3O2S-. The molecule has 9 heavy (non-hydrogen) atoms. The van der Waals surface area contributed by atoms with Gasteiger partial charge in [-0.1, -0.05) is 0 Å². The van der Waals surface area contributed by atoms with Crippen molar-refractivity contribution in [1.82, 2.24) is 15.2 Å². The van der Waals surface area contributed by atoms with Gasteiger partial charge in [0, 0.05) is 11.1 Å². The molecule has 0 saturated heterocycles. The zero-order valence-electron chi connectivity index (χ0n) is 4.22. The van der Waals surface area contributed by atoms with Gasteiger partial charge in [0.25, 0.3) is 0 Å². The molecule has 5 nitrogen and oxygen atoms in total. The van der Waals surface area contributed by atoms with E-state index in [9.17, 15) is 8.76 Å². The summed E-state index contributed by atoms with van der Waals surface area (Å²) in [5, 5.41) is 6.22. The summed E-state index contributed by atoms with van der Waals surface area (Å²) in [6.07, 6.45) is 2.56. The Labute approximate surface area is 53.4 Å². The standard InChI is InChI=1S/C3H3N3O2S/c7-9(8)3-4-1-2-5-6-3/h1-2H,(H,7,8)/p-1. The molecule has 0 radical (unpaired) electrons. The van der Waals surface area contributed by atoms with Crippen LogP contribution in [0.4, 0.5) is 0 Å². The summed E-state index contributed by atoms with van der Waals surface area (Å²) < 4.78 is 20.1. The Morgan fingerprint density at radius 1 is 1.56 bits per heavy atom. The Bertz CT molecular complexity index is 214. The third kappa shape index (κ3) is 1.51. The molecular weight excluding hydrogens is 142 g/mol. The van der Waals surface area contributed by atoms with Crippen molar-refractivity contribution in [2.24, 2.45) is 0 Å². The fourth-order valence-corrected chi connectivity index (χ4v) is 0.573. The van der Waals surface area contributed by atoms with Crippen LogP contribution in [0.1, 0.15) is 0 Å². The lowest BCUT2D eigenvalue weighted by molar-refractivity contribution is 0.525. The maximum absolute atomic E-state index is 10.0. The van der Waals surface area contributed by atoms with Crippen molar-refractivity contribution in [3.63, 3.8) is 0 Å². The zero-order chi connectivity index (χ0) is 6.69. The van der Waals surface area contributed by atoms with Crippen LogP contribution in [0.5, 0.6) is 0 Å². The molecule has 6 heteroatoms. The van der Waals surface area contributed by atoms with Gasteiger partial charge < -0.3 is 4.55 Å². The third-order valence-electron chi connectivity index (χ3n) is 0.611. The highest BCUT2D eigenvalue weighted by atomic mass is 32.2. The fraction of sp³-hybridized carbons (Fsp3) is 0. The molecule has 1 rings (SSSR count). The number of hydrogen-bond acceptors (Lipinski definition) is 5. The maximum Gasteiger partial charge on any atom is 0.225 e. The van der Waals surface area contributed by atoms with E-state index < -0.39 is 11.1 Å². The number of hydrogen-bond donors (Lipinski definition) is 0. The minimum atomic E-state index is -2.36. The molecule has 0 saturated carbocycles. The van der Waals surface area contributed by atoms with E-state index in [0.717, 1.165) is 0 Å². The van der Waals surface area contributed by atoms with E-state index in [0.29, 0.717) is 0 Å². The van der Waals surface area contributed by atoms with Crippen molar-refractivity contribution in [3.8, 4) is 0 Å². The average Bonchev–Trinajstić information content (AvgIpc) is 1.90. The van der Waals surface area contributed by atoms with Crippen LogP contribution in [0, 0.1) is 0 Å². The van der Waals surface area contributed by atoms with Crippen LogP contribution in [0.2, 0.25) is 0 Å². The van der Waals surface area contributed by atoms with Crippen LogP contribution >= 0.6 is 0 Å². The van der Waals surface area contributed by atoms with Gasteiger partial charge in [0.1, 0.15) is 0 Å². The van der Waals surface area contributed by atoms with Crippen molar-refractivity contribution in [3.05, 3.63) is 12.4 Å².